The molecule has 0 saturated carbocycles. The molecular weight excluding hydrogens is 276 g/mol. The molecular formula is C14H18N2O3S. The quantitative estimate of drug-likeness (QED) is 0.775. The Labute approximate surface area is 122 Å². The monoisotopic (exact) mass is 294 g/mol. The summed E-state index contributed by atoms with van der Waals surface area (Å²) in [5.74, 6) is 1.30. The molecule has 1 aromatic heterocycles. The van der Waals surface area contributed by atoms with Crippen LogP contribution in [-0.4, -0.2) is 36.5 Å². The number of aliphatic hydroxyl groups is 1. The van der Waals surface area contributed by atoms with Gasteiger partial charge in [0.05, 0.1) is 12.6 Å². The molecule has 0 aliphatic carbocycles. The minimum atomic E-state index is -0.576. The van der Waals surface area contributed by atoms with E-state index in [1.165, 1.54) is 0 Å². The van der Waals surface area contributed by atoms with Gasteiger partial charge >= 0.3 is 0 Å². The third-order valence-electron chi connectivity index (χ3n) is 2.66. The van der Waals surface area contributed by atoms with Crippen LogP contribution >= 0.6 is 11.3 Å². The smallest absolute Gasteiger partial charge is 0.161 e. The molecule has 1 atom stereocenters. The van der Waals surface area contributed by atoms with E-state index in [4.69, 9.17) is 9.47 Å². The van der Waals surface area contributed by atoms with Gasteiger partial charge < -0.3 is 19.9 Å². The molecule has 0 saturated heterocycles. The van der Waals surface area contributed by atoms with Gasteiger partial charge in [-0.1, -0.05) is 12.1 Å². The van der Waals surface area contributed by atoms with Crippen molar-refractivity contribution in [2.24, 2.45) is 0 Å². The number of aliphatic hydroxyl groups excluding tert-OH is 1. The number of hydrogen-bond acceptors (Lipinski definition) is 6. The molecule has 2 aromatic rings. The SMILES string of the molecule is COc1ccccc1OCC(O)CNCc1cncs1. The maximum Gasteiger partial charge on any atom is 0.161 e. The fraction of sp³-hybridized carbons (Fsp3) is 0.357. The highest BCUT2D eigenvalue weighted by Crippen LogP contribution is 2.25. The molecule has 0 bridgehead atoms. The van der Waals surface area contributed by atoms with E-state index in [0.29, 0.717) is 24.6 Å². The van der Waals surface area contributed by atoms with Crippen LogP contribution in [0.25, 0.3) is 0 Å². The largest absolute Gasteiger partial charge is 0.493 e. The minimum absolute atomic E-state index is 0.218. The minimum Gasteiger partial charge on any atom is -0.493 e. The molecule has 6 heteroatoms. The Morgan fingerprint density at radius 2 is 2.15 bits per heavy atom. The Hall–Kier alpha value is -1.63. The van der Waals surface area contributed by atoms with Crippen LogP contribution in [0, 0.1) is 0 Å². The summed E-state index contributed by atoms with van der Waals surface area (Å²) in [6.07, 6.45) is 1.24. The van der Waals surface area contributed by atoms with E-state index in [-0.39, 0.29) is 6.61 Å². The summed E-state index contributed by atoms with van der Waals surface area (Å²) in [6.45, 7) is 1.39. The number of methoxy groups -OCH3 is 1. The van der Waals surface area contributed by atoms with Gasteiger partial charge in [-0.15, -0.1) is 11.3 Å². The number of hydrogen-bond donors (Lipinski definition) is 2. The van der Waals surface area contributed by atoms with Gasteiger partial charge in [-0.05, 0) is 12.1 Å². The summed E-state index contributed by atoms with van der Waals surface area (Å²) in [5, 5.41) is 13.0. The molecule has 5 nitrogen and oxygen atoms in total. The first-order chi connectivity index (χ1) is 9.79. The van der Waals surface area contributed by atoms with Gasteiger partial charge in [0.1, 0.15) is 12.7 Å². The van der Waals surface area contributed by atoms with E-state index < -0.39 is 6.10 Å². The molecule has 108 valence electrons. The van der Waals surface area contributed by atoms with Gasteiger partial charge in [0.15, 0.2) is 11.5 Å². The standard InChI is InChI=1S/C14H18N2O3S/c1-18-13-4-2-3-5-14(13)19-9-11(17)6-15-7-12-8-16-10-20-12/h2-5,8,10-11,15,17H,6-7,9H2,1H3. The normalized spacial score (nSPS) is 12.1. The Morgan fingerprint density at radius 1 is 1.35 bits per heavy atom. The van der Waals surface area contributed by atoms with Crippen LogP contribution in [-0.2, 0) is 6.54 Å². The molecule has 0 aliphatic rings. The van der Waals surface area contributed by atoms with Crippen LogP contribution < -0.4 is 14.8 Å². The first kappa shape index (κ1) is 14.8. The summed E-state index contributed by atoms with van der Waals surface area (Å²) < 4.78 is 10.7. The molecule has 0 aliphatic heterocycles. The van der Waals surface area contributed by atoms with Crippen LogP contribution in [0.3, 0.4) is 0 Å². The highest BCUT2D eigenvalue weighted by molar-refractivity contribution is 7.09. The molecule has 0 fully saturated rings. The first-order valence-corrected chi connectivity index (χ1v) is 7.19. The number of ether oxygens (including phenoxy) is 2. The summed E-state index contributed by atoms with van der Waals surface area (Å²) in [5.41, 5.74) is 1.79. The van der Waals surface area contributed by atoms with Crippen molar-refractivity contribution in [3.8, 4) is 11.5 Å². The first-order valence-electron chi connectivity index (χ1n) is 6.31. The number of nitrogens with zero attached hydrogens (tertiary/aromatic N) is 1. The number of rotatable bonds is 8. The van der Waals surface area contributed by atoms with Gasteiger partial charge in [0.2, 0.25) is 0 Å². The molecule has 2 N–H and O–H groups in total. The van der Waals surface area contributed by atoms with Crippen molar-refractivity contribution in [3.05, 3.63) is 40.8 Å². The lowest BCUT2D eigenvalue weighted by Crippen LogP contribution is -2.31. The number of nitrogens with one attached hydrogen (secondary N) is 1. The zero-order valence-electron chi connectivity index (χ0n) is 11.3. The van der Waals surface area contributed by atoms with Gasteiger partial charge in [0.25, 0.3) is 0 Å². The average molecular weight is 294 g/mol. The lowest BCUT2D eigenvalue weighted by atomic mass is 10.3. The second-order valence-electron chi connectivity index (χ2n) is 4.21. The number of para-hydroxylation sites is 2. The lowest BCUT2D eigenvalue weighted by molar-refractivity contribution is 0.104. The zero-order chi connectivity index (χ0) is 14.2. The molecule has 1 unspecified atom stereocenters. The number of benzene rings is 1. The Kier molecular flexibility index (Phi) is 5.79. The van der Waals surface area contributed by atoms with E-state index in [1.54, 1.807) is 24.0 Å². The number of thiazole rings is 1. The van der Waals surface area contributed by atoms with Crippen molar-refractivity contribution >= 4 is 11.3 Å². The highest BCUT2D eigenvalue weighted by atomic mass is 32.1. The molecule has 20 heavy (non-hydrogen) atoms. The summed E-state index contributed by atoms with van der Waals surface area (Å²) >= 11 is 1.59. The van der Waals surface area contributed by atoms with Crippen LogP contribution in [0.5, 0.6) is 11.5 Å². The third kappa shape index (κ3) is 4.48. The molecule has 0 spiro atoms. The van der Waals surface area contributed by atoms with Crippen LogP contribution in [0.4, 0.5) is 0 Å². The zero-order valence-corrected chi connectivity index (χ0v) is 12.1. The molecule has 1 heterocycles. The van der Waals surface area contributed by atoms with E-state index in [0.717, 1.165) is 4.88 Å². The van der Waals surface area contributed by atoms with Gasteiger partial charge in [-0.2, -0.15) is 0 Å². The van der Waals surface area contributed by atoms with Gasteiger partial charge in [-0.25, -0.2) is 0 Å². The van der Waals surface area contributed by atoms with Gasteiger partial charge in [-0.3, -0.25) is 4.98 Å². The second-order valence-corrected chi connectivity index (χ2v) is 5.19. The molecule has 1 aromatic carbocycles. The topological polar surface area (TPSA) is 63.6 Å². The van der Waals surface area contributed by atoms with E-state index in [9.17, 15) is 5.11 Å². The summed E-state index contributed by atoms with van der Waals surface area (Å²) in [6, 6.07) is 7.38. The number of aromatic nitrogens is 1. The van der Waals surface area contributed by atoms with Crippen molar-refractivity contribution in [2.75, 3.05) is 20.3 Å². The van der Waals surface area contributed by atoms with E-state index >= 15 is 0 Å². The Morgan fingerprint density at radius 3 is 2.85 bits per heavy atom. The van der Waals surface area contributed by atoms with Crippen molar-refractivity contribution in [1.82, 2.24) is 10.3 Å². The Balaban J connectivity index is 1.70. The Bertz CT molecular complexity index is 505. The average Bonchev–Trinajstić information content (AvgIpc) is 2.98. The fourth-order valence-corrected chi connectivity index (χ4v) is 2.24. The summed E-state index contributed by atoms with van der Waals surface area (Å²) in [4.78, 5) is 5.13. The second kappa shape index (κ2) is 7.84. The van der Waals surface area contributed by atoms with E-state index in [2.05, 4.69) is 10.3 Å². The van der Waals surface area contributed by atoms with E-state index in [1.807, 2.05) is 30.5 Å². The maximum absolute atomic E-state index is 9.86. The predicted octanol–water partition coefficient (Wildman–Crippen LogP) is 1.68. The third-order valence-corrected chi connectivity index (χ3v) is 3.44. The van der Waals surface area contributed by atoms with Crippen molar-refractivity contribution in [3.63, 3.8) is 0 Å². The molecule has 0 amide bonds. The fourth-order valence-electron chi connectivity index (χ4n) is 1.67. The van der Waals surface area contributed by atoms with Crippen LogP contribution in [0.1, 0.15) is 4.88 Å². The molecule has 0 radical (unpaired) electrons. The molecule has 2 rings (SSSR count). The predicted molar refractivity (Wildman–Crippen MR) is 78.3 cm³/mol. The maximum atomic E-state index is 9.86. The van der Waals surface area contributed by atoms with Gasteiger partial charge in [0, 0.05) is 24.2 Å². The van der Waals surface area contributed by atoms with Crippen LogP contribution in [0.2, 0.25) is 0 Å². The summed E-state index contributed by atoms with van der Waals surface area (Å²) in [7, 11) is 1.59. The van der Waals surface area contributed by atoms with Crippen molar-refractivity contribution < 1.29 is 14.6 Å². The van der Waals surface area contributed by atoms with Crippen molar-refractivity contribution in [1.29, 1.82) is 0 Å². The van der Waals surface area contributed by atoms with Crippen LogP contribution in [0.15, 0.2) is 36.0 Å². The van der Waals surface area contributed by atoms with Crippen molar-refractivity contribution in [2.45, 2.75) is 12.6 Å². The lowest BCUT2D eigenvalue weighted by Gasteiger charge is -2.14. The highest BCUT2D eigenvalue weighted by Gasteiger charge is 2.08.